The Morgan fingerprint density at radius 3 is 1.00 bits per heavy atom. The molecule has 0 unspecified atom stereocenters. The van der Waals surface area contributed by atoms with Gasteiger partial charge < -0.3 is 0 Å². The van der Waals surface area contributed by atoms with E-state index in [1.54, 1.807) is 0 Å². The van der Waals surface area contributed by atoms with Crippen molar-refractivity contribution in [1.82, 2.24) is 0 Å². The number of hydrogen-bond acceptors (Lipinski definition) is 0. The molecule has 0 aliphatic rings. The van der Waals surface area contributed by atoms with Gasteiger partial charge in [0.15, 0.2) is 0 Å². The van der Waals surface area contributed by atoms with Crippen molar-refractivity contribution in [3.05, 3.63) is 0 Å². The van der Waals surface area contributed by atoms with Crippen LogP contribution in [0.1, 0.15) is 0 Å². The maximum atomic E-state index is 0. The van der Waals surface area contributed by atoms with Crippen LogP contribution in [0.4, 0.5) is 0 Å². The van der Waals surface area contributed by atoms with Crippen LogP contribution >= 0.6 is 13.5 Å². The van der Waals surface area contributed by atoms with E-state index in [9.17, 15) is 0 Å². The van der Waals surface area contributed by atoms with Gasteiger partial charge in [-0.2, -0.15) is 13.5 Å². The Hall–Kier alpha value is 3.73. The van der Waals surface area contributed by atoms with Crippen molar-refractivity contribution in [3.63, 3.8) is 0 Å². The summed E-state index contributed by atoms with van der Waals surface area (Å²) in [6.07, 6.45) is 0. The van der Waals surface area contributed by atoms with Crippen LogP contribution in [0.3, 0.4) is 0 Å². The van der Waals surface area contributed by atoms with Gasteiger partial charge in [-0.15, -0.1) is 0 Å². The second-order valence-electron chi connectivity index (χ2n) is 0. The molecule has 7 radical (unpaired) electrons. The minimum atomic E-state index is 0. The van der Waals surface area contributed by atoms with Crippen LogP contribution in [0.25, 0.3) is 0 Å². The smallest absolute Gasteiger partial charge is 0 e. The van der Waals surface area contributed by atoms with Crippen LogP contribution in [0.15, 0.2) is 0 Å². The summed E-state index contributed by atoms with van der Waals surface area (Å²) in [5.74, 6) is 0. The van der Waals surface area contributed by atoms with Crippen molar-refractivity contribution in [1.29, 1.82) is 0 Å². The first-order chi connectivity index (χ1) is 0. The molecule has 6 heavy (non-hydrogen) atoms. The van der Waals surface area contributed by atoms with Gasteiger partial charge in [-0.3, -0.25) is 0 Å². The molecule has 0 aliphatic carbocycles. The summed E-state index contributed by atoms with van der Waals surface area (Å²) < 4.78 is 0. The van der Waals surface area contributed by atoms with Gasteiger partial charge in [-0.05, 0) is 0 Å². The molecule has 0 rings (SSSR count). The van der Waals surface area contributed by atoms with Gasteiger partial charge in [0.2, 0.25) is 0 Å². The van der Waals surface area contributed by atoms with Gasteiger partial charge in [0.25, 0.3) is 0 Å². The minimum absolute atomic E-state index is 0. The molecule has 0 aliphatic heterocycles. The molecule has 0 saturated carbocycles. The Bertz CT molecular complexity index is 15.5. The maximum Gasteiger partial charge on any atom is 0 e. The first-order valence-electron chi connectivity index (χ1n) is 0. The molecule has 6 heteroatoms. The van der Waals surface area contributed by atoms with Crippen LogP contribution in [-0.4, -0.2) is 41.0 Å². The number of rotatable bonds is 0. The van der Waals surface area contributed by atoms with Gasteiger partial charge in [-0.25, -0.2) is 0 Å². The Kier molecular flexibility index (Phi) is 333. The van der Waals surface area contributed by atoms with Crippen LogP contribution in [-0.2, 0) is 63.8 Å². The molecule has 0 heterocycles. The van der Waals surface area contributed by atoms with Crippen LogP contribution in [0.5, 0.6) is 0 Å². The second-order valence-corrected chi connectivity index (χ2v) is 0. The second kappa shape index (κ2) is 37.5. The van der Waals surface area contributed by atoms with E-state index in [0.29, 0.717) is 0 Å². The Morgan fingerprint density at radius 1 is 1.00 bits per heavy atom. The third-order valence-corrected chi connectivity index (χ3v) is 0. The topological polar surface area (TPSA) is 0 Å². The zero-order valence-electron chi connectivity index (χ0n) is 3.12. The Labute approximate surface area is 116 Å². The monoisotopic (exact) mass is 475 g/mol. The van der Waals surface area contributed by atoms with E-state index in [1.165, 1.54) is 0 Å². The molecule has 0 aromatic carbocycles. The van der Waals surface area contributed by atoms with Crippen LogP contribution in [0, 0.1) is 0 Å². The van der Waals surface area contributed by atoms with Crippen molar-refractivity contribution in [3.8, 4) is 0 Å². The van der Waals surface area contributed by atoms with E-state index in [0.717, 1.165) is 0 Å². The first-order valence-corrected chi connectivity index (χ1v) is 0. The number of hydrogen-bond donors (Lipinski definition) is 0. The SMILES string of the molecule is S.[Cd].[Cu].[Se].[Sn].[Zn]. The zero-order chi connectivity index (χ0) is 0. The van der Waals surface area contributed by atoms with Gasteiger partial charge in [0.1, 0.15) is 0 Å². The molecule has 0 atom stereocenters. The molecule has 0 N–H and O–H groups in total. The molecule has 0 spiro atoms. The quantitative estimate of drug-likeness (QED) is 0.411. The third-order valence-electron chi connectivity index (χ3n) is 0. The molecule has 0 aromatic heterocycles. The van der Waals surface area contributed by atoms with Crippen molar-refractivity contribution < 1.29 is 63.8 Å². The fourth-order valence-electron chi connectivity index (χ4n) is 0. The van der Waals surface area contributed by atoms with Crippen molar-refractivity contribution in [2.45, 2.75) is 0 Å². The summed E-state index contributed by atoms with van der Waals surface area (Å²) in [5, 5.41) is 0. The average molecular weight is 473 g/mol. The zero-order valence-corrected chi connectivity index (χ0v) is 16.6. The van der Waals surface area contributed by atoms with E-state index < -0.39 is 0 Å². The van der Waals surface area contributed by atoms with Gasteiger partial charge in [0.05, 0.1) is 0 Å². The van der Waals surface area contributed by atoms with E-state index >= 15 is 0 Å². The molecule has 0 saturated heterocycles. The largest absolute Gasteiger partial charge is 0.197 e. The average Bonchev–Trinajstić information content (AvgIpc) is 0. The van der Waals surface area contributed by atoms with Crippen LogP contribution < -0.4 is 0 Å². The fourth-order valence-corrected chi connectivity index (χ4v) is 0. The van der Waals surface area contributed by atoms with Crippen molar-refractivity contribution >= 4 is 54.5 Å². The van der Waals surface area contributed by atoms with Crippen LogP contribution in [0.2, 0.25) is 0 Å². The standard InChI is InChI=1S/Cd.Cu.H2S.Se.Sn.Zn/h;;1H2;;;. The molecule has 0 bridgehead atoms. The summed E-state index contributed by atoms with van der Waals surface area (Å²) in [6.45, 7) is 0. The summed E-state index contributed by atoms with van der Waals surface area (Å²) in [4.78, 5) is 0. The summed E-state index contributed by atoms with van der Waals surface area (Å²) >= 11 is 0. The summed E-state index contributed by atoms with van der Waals surface area (Å²) in [7, 11) is 0. The normalized spacial score (nSPS) is 0. The minimum Gasteiger partial charge on any atom is -0.197 e. The Balaban J connectivity index is 0. The first kappa shape index (κ1) is 53.3. The molecular weight excluding hydrogens is 471 g/mol. The third kappa shape index (κ3) is 25.2. The van der Waals surface area contributed by atoms with Gasteiger partial charge in [-0.1, -0.05) is 0 Å². The molecule has 0 amide bonds. The fraction of sp³-hybridized carbons (Fsp3) is 0. The predicted molar refractivity (Wildman–Crippen MR) is 21.9 cm³/mol. The molecular formula is H2CdCuSSeSnZn. The maximum absolute atomic E-state index is 0. The summed E-state index contributed by atoms with van der Waals surface area (Å²) in [6, 6.07) is 0. The predicted octanol–water partition coefficient (Wildman–Crippen LogP) is -0.656. The molecule has 0 aromatic rings. The van der Waals surface area contributed by atoms with Gasteiger partial charge in [0, 0.05) is 105 Å². The van der Waals surface area contributed by atoms with Crippen molar-refractivity contribution in [2.24, 2.45) is 0 Å². The molecule has 33 valence electrons. The van der Waals surface area contributed by atoms with E-state index in [-0.39, 0.29) is 118 Å². The molecule has 0 nitrogen and oxygen atoms in total. The van der Waals surface area contributed by atoms with Gasteiger partial charge >= 0.3 is 0 Å². The van der Waals surface area contributed by atoms with E-state index in [4.69, 9.17) is 0 Å². The molecule has 0 fully saturated rings. The van der Waals surface area contributed by atoms with E-state index in [1.807, 2.05) is 0 Å². The van der Waals surface area contributed by atoms with Crippen molar-refractivity contribution in [2.75, 3.05) is 0 Å². The Morgan fingerprint density at radius 2 is 1.00 bits per heavy atom. The summed E-state index contributed by atoms with van der Waals surface area (Å²) in [5.41, 5.74) is 0. The van der Waals surface area contributed by atoms with E-state index in [2.05, 4.69) is 0 Å².